The Morgan fingerprint density at radius 3 is 2.75 bits per heavy atom. The summed E-state index contributed by atoms with van der Waals surface area (Å²) < 4.78 is 21.8. The number of nitrogens with one attached hydrogen (secondary N) is 1. The lowest BCUT2D eigenvalue weighted by atomic mass is 10.3. The summed E-state index contributed by atoms with van der Waals surface area (Å²) in [5.74, 6) is -0.00917. The molecule has 0 spiro atoms. The molecule has 0 bridgehead atoms. The first-order chi connectivity index (χ1) is 7.47. The van der Waals surface area contributed by atoms with Crippen LogP contribution in [0.3, 0.4) is 0 Å². The maximum atomic E-state index is 11.5. The Balaban J connectivity index is 2.27. The van der Waals surface area contributed by atoms with Crippen molar-refractivity contribution in [2.24, 2.45) is 0 Å². The van der Waals surface area contributed by atoms with E-state index in [1.165, 1.54) is 0 Å². The Hall–Kier alpha value is -0.460. The van der Waals surface area contributed by atoms with Gasteiger partial charge >= 0.3 is 0 Å². The second-order valence-corrected chi connectivity index (χ2v) is 6.56. The predicted molar refractivity (Wildman–Crippen MR) is 63.3 cm³/mol. The van der Waals surface area contributed by atoms with Gasteiger partial charge in [0.1, 0.15) is 15.6 Å². The molecule has 0 aromatic heterocycles. The first-order valence-corrected chi connectivity index (χ1v) is 7.66. The van der Waals surface area contributed by atoms with Gasteiger partial charge in [0.05, 0.1) is 12.3 Å². The zero-order valence-electron chi connectivity index (χ0n) is 9.74. The zero-order valence-corrected chi connectivity index (χ0v) is 10.6. The average molecular weight is 248 g/mol. The van der Waals surface area contributed by atoms with Crippen LogP contribution in [-0.2, 0) is 14.6 Å². The standard InChI is InChI=1S/C10H20N2O3S/c1-16(14,15)8-3-10(13)9-12-6-2-4-11-5-7-12/h11H,2-9H2,1H3. The fourth-order valence-electron chi connectivity index (χ4n) is 1.69. The number of rotatable bonds is 5. The third-order valence-corrected chi connectivity index (χ3v) is 3.53. The first kappa shape index (κ1) is 13.6. The molecule has 0 radical (unpaired) electrons. The van der Waals surface area contributed by atoms with Gasteiger partial charge in [-0.25, -0.2) is 8.42 Å². The van der Waals surface area contributed by atoms with Crippen LogP contribution in [0.4, 0.5) is 0 Å². The van der Waals surface area contributed by atoms with Crippen LogP contribution >= 0.6 is 0 Å². The van der Waals surface area contributed by atoms with Crippen molar-refractivity contribution in [3.05, 3.63) is 0 Å². The summed E-state index contributed by atoms with van der Waals surface area (Å²) in [6.07, 6.45) is 2.35. The summed E-state index contributed by atoms with van der Waals surface area (Å²) in [7, 11) is -3.02. The Morgan fingerprint density at radius 1 is 1.31 bits per heavy atom. The van der Waals surface area contributed by atoms with Crippen molar-refractivity contribution in [3.63, 3.8) is 0 Å². The highest BCUT2D eigenvalue weighted by Gasteiger charge is 2.14. The van der Waals surface area contributed by atoms with Gasteiger partial charge in [-0.1, -0.05) is 0 Å². The van der Waals surface area contributed by atoms with E-state index in [4.69, 9.17) is 0 Å². The Bertz CT molecular complexity index is 319. The van der Waals surface area contributed by atoms with Gasteiger partial charge in [0.25, 0.3) is 0 Å². The van der Waals surface area contributed by atoms with Crippen LogP contribution in [0.1, 0.15) is 12.8 Å². The molecule has 1 rings (SSSR count). The molecular weight excluding hydrogens is 228 g/mol. The number of hydrogen-bond donors (Lipinski definition) is 1. The van der Waals surface area contributed by atoms with Gasteiger partial charge in [-0.15, -0.1) is 0 Å². The van der Waals surface area contributed by atoms with Crippen molar-refractivity contribution in [1.82, 2.24) is 10.2 Å². The SMILES string of the molecule is CS(=O)(=O)CCC(=O)CN1CCCNCC1. The lowest BCUT2D eigenvalue weighted by Crippen LogP contribution is -2.33. The smallest absolute Gasteiger partial charge is 0.147 e. The Morgan fingerprint density at radius 2 is 2.06 bits per heavy atom. The number of sulfone groups is 1. The van der Waals surface area contributed by atoms with E-state index in [9.17, 15) is 13.2 Å². The van der Waals surface area contributed by atoms with Gasteiger partial charge in [0.2, 0.25) is 0 Å². The Labute approximate surface area is 97.1 Å². The molecular formula is C10H20N2O3S. The van der Waals surface area contributed by atoms with Gasteiger partial charge in [-0.05, 0) is 19.5 Å². The molecule has 0 atom stereocenters. The average Bonchev–Trinajstić information content (AvgIpc) is 2.42. The number of hydrogen-bond acceptors (Lipinski definition) is 5. The highest BCUT2D eigenvalue weighted by atomic mass is 32.2. The van der Waals surface area contributed by atoms with E-state index in [0.29, 0.717) is 6.54 Å². The first-order valence-electron chi connectivity index (χ1n) is 5.60. The van der Waals surface area contributed by atoms with E-state index in [-0.39, 0.29) is 18.0 Å². The minimum Gasteiger partial charge on any atom is -0.315 e. The molecule has 0 aliphatic carbocycles. The second-order valence-electron chi connectivity index (χ2n) is 4.30. The van der Waals surface area contributed by atoms with Crippen molar-refractivity contribution >= 4 is 15.6 Å². The third kappa shape index (κ3) is 6.19. The lowest BCUT2D eigenvalue weighted by molar-refractivity contribution is -0.119. The molecule has 0 aromatic rings. The normalized spacial score (nSPS) is 19.3. The van der Waals surface area contributed by atoms with E-state index in [1.807, 2.05) is 0 Å². The van der Waals surface area contributed by atoms with Gasteiger partial charge < -0.3 is 5.32 Å². The maximum Gasteiger partial charge on any atom is 0.147 e. The number of nitrogens with zero attached hydrogens (tertiary/aromatic N) is 1. The molecule has 0 saturated carbocycles. The second kappa shape index (κ2) is 6.32. The molecule has 0 unspecified atom stereocenters. The number of ketones is 1. The minimum atomic E-state index is -3.02. The van der Waals surface area contributed by atoms with Crippen LogP contribution in [0.15, 0.2) is 0 Å². The van der Waals surface area contributed by atoms with E-state index in [2.05, 4.69) is 10.2 Å². The molecule has 0 amide bonds. The van der Waals surface area contributed by atoms with E-state index >= 15 is 0 Å². The number of carbonyl (C=O) groups is 1. The summed E-state index contributed by atoms with van der Waals surface area (Å²) in [5.41, 5.74) is 0. The number of carbonyl (C=O) groups excluding carboxylic acids is 1. The molecule has 16 heavy (non-hydrogen) atoms. The maximum absolute atomic E-state index is 11.5. The predicted octanol–water partition coefficient (Wildman–Crippen LogP) is -0.714. The summed E-state index contributed by atoms with van der Waals surface area (Å²) >= 11 is 0. The van der Waals surface area contributed by atoms with Crippen molar-refractivity contribution in [3.8, 4) is 0 Å². The molecule has 1 aliphatic rings. The van der Waals surface area contributed by atoms with Crippen LogP contribution in [0.2, 0.25) is 0 Å². The molecule has 94 valence electrons. The van der Waals surface area contributed by atoms with Gasteiger partial charge in [-0.3, -0.25) is 9.69 Å². The molecule has 1 aliphatic heterocycles. The van der Waals surface area contributed by atoms with Crippen molar-refractivity contribution in [2.75, 3.05) is 44.7 Å². The summed E-state index contributed by atoms with van der Waals surface area (Å²) in [5, 5.41) is 3.26. The van der Waals surface area contributed by atoms with Crippen LogP contribution in [-0.4, -0.2) is 63.8 Å². The fourth-order valence-corrected chi connectivity index (χ4v) is 2.29. The van der Waals surface area contributed by atoms with E-state index in [0.717, 1.165) is 38.9 Å². The topological polar surface area (TPSA) is 66.5 Å². The fraction of sp³-hybridized carbons (Fsp3) is 0.900. The van der Waals surface area contributed by atoms with Crippen LogP contribution in [0, 0.1) is 0 Å². The minimum absolute atomic E-state index is 0.0207. The molecule has 0 aromatic carbocycles. The highest BCUT2D eigenvalue weighted by Crippen LogP contribution is 1.98. The quantitative estimate of drug-likeness (QED) is 0.696. The summed E-state index contributed by atoms with van der Waals surface area (Å²) in [6, 6.07) is 0. The highest BCUT2D eigenvalue weighted by molar-refractivity contribution is 7.90. The van der Waals surface area contributed by atoms with Gasteiger partial charge in [0.15, 0.2) is 0 Å². The van der Waals surface area contributed by atoms with Crippen LogP contribution in [0.5, 0.6) is 0 Å². The summed E-state index contributed by atoms with van der Waals surface area (Å²) in [6.45, 7) is 4.06. The van der Waals surface area contributed by atoms with Crippen LogP contribution < -0.4 is 5.32 Å². The lowest BCUT2D eigenvalue weighted by Gasteiger charge is -2.17. The molecule has 1 fully saturated rings. The van der Waals surface area contributed by atoms with Gasteiger partial charge in [-0.2, -0.15) is 0 Å². The summed E-state index contributed by atoms with van der Waals surface area (Å²) in [4.78, 5) is 13.6. The molecule has 1 heterocycles. The van der Waals surface area contributed by atoms with Crippen molar-refractivity contribution in [1.29, 1.82) is 0 Å². The largest absolute Gasteiger partial charge is 0.315 e. The van der Waals surface area contributed by atoms with E-state index < -0.39 is 9.84 Å². The molecule has 6 heteroatoms. The molecule has 1 N–H and O–H groups in total. The number of Topliss-reactive ketones (excluding diaryl/α,β-unsaturated/α-hetero) is 1. The van der Waals surface area contributed by atoms with Crippen molar-refractivity contribution < 1.29 is 13.2 Å². The monoisotopic (exact) mass is 248 g/mol. The van der Waals surface area contributed by atoms with Gasteiger partial charge in [0, 0.05) is 25.8 Å². The van der Waals surface area contributed by atoms with Crippen LogP contribution in [0.25, 0.3) is 0 Å². The Kier molecular flexibility index (Phi) is 5.37. The molecule has 5 nitrogen and oxygen atoms in total. The van der Waals surface area contributed by atoms with Crippen molar-refractivity contribution in [2.45, 2.75) is 12.8 Å². The van der Waals surface area contributed by atoms with E-state index in [1.54, 1.807) is 0 Å². The molecule has 1 saturated heterocycles. The zero-order chi connectivity index (χ0) is 12.0. The third-order valence-electron chi connectivity index (χ3n) is 2.58.